The van der Waals surface area contributed by atoms with E-state index in [0.717, 1.165) is 11.3 Å². The number of aromatic carboxylic acids is 1. The molecule has 0 aliphatic rings. The maximum absolute atomic E-state index is 12.1. The molecule has 0 unspecified atom stereocenters. The van der Waals surface area contributed by atoms with Crippen molar-refractivity contribution in [1.29, 1.82) is 0 Å². The fourth-order valence-corrected chi connectivity index (χ4v) is 2.03. The monoisotopic (exact) mass is 283 g/mol. The lowest BCUT2D eigenvalue weighted by Gasteiger charge is -2.17. The smallest absolute Gasteiger partial charge is 0.335 e. The molecule has 0 atom stereocenters. The maximum atomic E-state index is 12.1. The van der Waals surface area contributed by atoms with E-state index in [0.29, 0.717) is 12.8 Å². The van der Waals surface area contributed by atoms with E-state index >= 15 is 0 Å². The van der Waals surface area contributed by atoms with Crippen molar-refractivity contribution in [1.82, 2.24) is 0 Å². The normalized spacial score (nSPS) is 10.1. The Bertz CT molecular complexity index is 620. The van der Waals surface area contributed by atoms with Crippen LogP contribution in [0.4, 0.5) is 5.69 Å². The van der Waals surface area contributed by atoms with Gasteiger partial charge in [-0.25, -0.2) is 4.79 Å². The van der Waals surface area contributed by atoms with E-state index in [9.17, 15) is 9.59 Å². The van der Waals surface area contributed by atoms with E-state index in [-0.39, 0.29) is 11.5 Å². The van der Waals surface area contributed by atoms with Crippen LogP contribution in [0, 0.1) is 0 Å². The second-order valence-corrected chi connectivity index (χ2v) is 4.79. The number of hydrogen-bond acceptors (Lipinski definition) is 2. The molecule has 0 aromatic heterocycles. The molecule has 0 saturated carbocycles. The number of carbonyl (C=O) groups excluding carboxylic acids is 1. The molecule has 1 amide bonds. The second-order valence-electron chi connectivity index (χ2n) is 4.79. The fourth-order valence-electron chi connectivity index (χ4n) is 2.03. The Labute approximate surface area is 123 Å². The minimum absolute atomic E-state index is 0.0310. The maximum Gasteiger partial charge on any atom is 0.335 e. The summed E-state index contributed by atoms with van der Waals surface area (Å²) in [5.74, 6) is -0.912. The molecule has 0 saturated heterocycles. The van der Waals surface area contributed by atoms with E-state index < -0.39 is 5.97 Å². The molecular formula is C17H17NO3. The number of carbonyl (C=O) groups is 2. The second kappa shape index (κ2) is 6.70. The van der Waals surface area contributed by atoms with Gasteiger partial charge in [-0.3, -0.25) is 4.79 Å². The van der Waals surface area contributed by atoms with Gasteiger partial charge in [0.2, 0.25) is 5.91 Å². The van der Waals surface area contributed by atoms with Gasteiger partial charge in [-0.2, -0.15) is 0 Å². The van der Waals surface area contributed by atoms with Crippen LogP contribution in [0.25, 0.3) is 0 Å². The summed E-state index contributed by atoms with van der Waals surface area (Å²) in [6.07, 6.45) is 0.980. The first kappa shape index (κ1) is 14.8. The lowest BCUT2D eigenvalue weighted by Crippen LogP contribution is -2.26. The lowest BCUT2D eigenvalue weighted by molar-refractivity contribution is -0.118. The highest BCUT2D eigenvalue weighted by Crippen LogP contribution is 2.14. The summed E-state index contributed by atoms with van der Waals surface area (Å²) in [7, 11) is 1.76. The van der Waals surface area contributed by atoms with Gasteiger partial charge in [0, 0.05) is 19.2 Å². The summed E-state index contributed by atoms with van der Waals surface area (Å²) in [4.78, 5) is 24.5. The van der Waals surface area contributed by atoms with Crippen LogP contribution in [0.15, 0.2) is 54.6 Å². The Balaban J connectivity index is 1.93. The molecule has 1 N–H and O–H groups in total. The van der Waals surface area contributed by atoms with Gasteiger partial charge in [-0.15, -0.1) is 0 Å². The van der Waals surface area contributed by atoms with Crippen molar-refractivity contribution in [2.45, 2.75) is 12.8 Å². The van der Waals surface area contributed by atoms with Gasteiger partial charge in [0.1, 0.15) is 0 Å². The zero-order valence-electron chi connectivity index (χ0n) is 11.8. The van der Waals surface area contributed by atoms with Gasteiger partial charge < -0.3 is 10.0 Å². The van der Waals surface area contributed by atoms with Crippen molar-refractivity contribution in [2.75, 3.05) is 11.9 Å². The van der Waals surface area contributed by atoms with Crippen molar-refractivity contribution in [3.63, 3.8) is 0 Å². The zero-order chi connectivity index (χ0) is 15.2. The molecular weight excluding hydrogens is 266 g/mol. The number of carboxylic acid groups (broad SMARTS) is 1. The average Bonchev–Trinajstić information content (AvgIpc) is 2.53. The molecule has 0 bridgehead atoms. The number of aryl methyl sites for hydroxylation is 1. The lowest BCUT2D eigenvalue weighted by atomic mass is 10.1. The summed E-state index contributed by atoms with van der Waals surface area (Å²) in [6, 6.07) is 16.1. The van der Waals surface area contributed by atoms with Gasteiger partial charge in [-0.1, -0.05) is 30.3 Å². The number of carboxylic acids is 1. The predicted molar refractivity (Wildman–Crippen MR) is 81.6 cm³/mol. The van der Waals surface area contributed by atoms with Crippen LogP contribution in [0.1, 0.15) is 22.3 Å². The number of nitrogens with zero attached hydrogens (tertiary/aromatic N) is 1. The highest BCUT2D eigenvalue weighted by atomic mass is 16.4. The molecule has 0 fully saturated rings. The van der Waals surface area contributed by atoms with Crippen LogP contribution in [0.3, 0.4) is 0 Å². The average molecular weight is 283 g/mol. The summed E-state index contributed by atoms with van der Waals surface area (Å²) < 4.78 is 0. The third-order valence-electron chi connectivity index (χ3n) is 3.35. The van der Waals surface area contributed by atoms with E-state index in [1.54, 1.807) is 36.2 Å². The molecule has 0 heterocycles. The van der Waals surface area contributed by atoms with Crippen molar-refractivity contribution in [3.05, 3.63) is 65.7 Å². The summed E-state index contributed by atoms with van der Waals surface area (Å²) in [5.41, 5.74) is 2.07. The Morgan fingerprint density at radius 1 is 1.00 bits per heavy atom. The third kappa shape index (κ3) is 3.92. The number of benzene rings is 2. The van der Waals surface area contributed by atoms with E-state index in [1.165, 1.54) is 0 Å². The fraction of sp³-hybridized carbons (Fsp3) is 0.176. The van der Waals surface area contributed by atoms with Gasteiger partial charge >= 0.3 is 5.97 Å². The quantitative estimate of drug-likeness (QED) is 0.917. The summed E-state index contributed by atoms with van der Waals surface area (Å²) >= 11 is 0. The molecule has 2 rings (SSSR count). The van der Waals surface area contributed by atoms with Crippen LogP contribution >= 0.6 is 0 Å². The molecule has 0 spiro atoms. The van der Waals surface area contributed by atoms with Gasteiger partial charge in [0.25, 0.3) is 0 Å². The first-order valence-electron chi connectivity index (χ1n) is 6.72. The first-order valence-corrected chi connectivity index (χ1v) is 6.72. The van der Waals surface area contributed by atoms with Gasteiger partial charge in [0.15, 0.2) is 0 Å². The largest absolute Gasteiger partial charge is 0.478 e. The van der Waals surface area contributed by atoms with Gasteiger partial charge in [-0.05, 0) is 36.2 Å². The van der Waals surface area contributed by atoms with Crippen LogP contribution < -0.4 is 4.90 Å². The molecule has 4 nitrogen and oxygen atoms in total. The topological polar surface area (TPSA) is 57.6 Å². The van der Waals surface area contributed by atoms with E-state index in [1.807, 2.05) is 30.3 Å². The van der Waals surface area contributed by atoms with E-state index in [4.69, 9.17) is 5.11 Å². The molecule has 108 valence electrons. The molecule has 21 heavy (non-hydrogen) atoms. The van der Waals surface area contributed by atoms with Crippen LogP contribution in [-0.4, -0.2) is 24.0 Å². The Morgan fingerprint density at radius 3 is 2.19 bits per heavy atom. The zero-order valence-corrected chi connectivity index (χ0v) is 11.8. The first-order chi connectivity index (χ1) is 10.1. The van der Waals surface area contributed by atoms with Crippen LogP contribution in [0.2, 0.25) is 0 Å². The Kier molecular flexibility index (Phi) is 4.72. The number of anilines is 1. The number of rotatable bonds is 5. The molecule has 2 aromatic carbocycles. The molecule has 0 aliphatic carbocycles. The number of amides is 1. The van der Waals surface area contributed by atoms with Crippen molar-refractivity contribution in [2.24, 2.45) is 0 Å². The van der Waals surface area contributed by atoms with Crippen molar-refractivity contribution in [3.8, 4) is 0 Å². The molecule has 4 heteroatoms. The summed E-state index contributed by atoms with van der Waals surface area (Å²) in [6.45, 7) is 0. The molecule has 0 radical (unpaired) electrons. The van der Waals surface area contributed by atoms with E-state index in [2.05, 4.69) is 0 Å². The Morgan fingerprint density at radius 2 is 1.62 bits per heavy atom. The Hall–Kier alpha value is -2.62. The van der Waals surface area contributed by atoms with Gasteiger partial charge in [0.05, 0.1) is 5.56 Å². The highest BCUT2D eigenvalue weighted by molar-refractivity contribution is 5.92. The predicted octanol–water partition coefficient (Wildman–Crippen LogP) is 2.98. The summed E-state index contributed by atoms with van der Waals surface area (Å²) in [5, 5.41) is 8.83. The minimum atomic E-state index is -0.943. The minimum Gasteiger partial charge on any atom is -0.478 e. The van der Waals surface area contributed by atoms with Crippen molar-refractivity contribution >= 4 is 17.6 Å². The SMILES string of the molecule is CN(C(=O)CCc1ccc(C(=O)O)cc1)c1ccccc1. The molecule has 0 aliphatic heterocycles. The van der Waals surface area contributed by atoms with Crippen LogP contribution in [-0.2, 0) is 11.2 Å². The number of para-hydroxylation sites is 1. The van der Waals surface area contributed by atoms with Crippen molar-refractivity contribution < 1.29 is 14.7 Å². The number of hydrogen-bond donors (Lipinski definition) is 1. The third-order valence-corrected chi connectivity index (χ3v) is 3.35. The molecule has 2 aromatic rings. The standard InChI is InChI=1S/C17H17NO3/c1-18(15-5-3-2-4-6-15)16(19)12-9-13-7-10-14(11-8-13)17(20)21/h2-8,10-11H,9,12H2,1H3,(H,20,21). The highest BCUT2D eigenvalue weighted by Gasteiger charge is 2.10. The van der Waals surface area contributed by atoms with Crippen LogP contribution in [0.5, 0.6) is 0 Å².